The fourth-order valence-electron chi connectivity index (χ4n) is 3.12. The maximum absolute atomic E-state index is 9.93. The highest BCUT2D eigenvalue weighted by molar-refractivity contribution is 6.31. The number of hydrogen-bond acceptors (Lipinski definition) is 4. The summed E-state index contributed by atoms with van der Waals surface area (Å²) in [5.74, 6) is 0.298. The molecule has 0 bridgehead atoms. The number of morpholine rings is 1. The van der Waals surface area contributed by atoms with Gasteiger partial charge in [-0.2, -0.15) is 0 Å². The number of phenols is 1. The van der Waals surface area contributed by atoms with Gasteiger partial charge in [-0.05, 0) is 18.6 Å². The lowest BCUT2D eigenvalue weighted by molar-refractivity contribution is 0.0183. The quantitative estimate of drug-likeness (QED) is 0.925. The number of halogens is 1. The molecule has 2 heterocycles. The molecule has 20 heavy (non-hydrogen) atoms. The van der Waals surface area contributed by atoms with E-state index in [1.54, 1.807) is 12.1 Å². The predicted molar refractivity (Wildman–Crippen MR) is 79.2 cm³/mol. The first-order valence-electron chi connectivity index (χ1n) is 7.24. The maximum Gasteiger partial charge on any atom is 0.121 e. The summed E-state index contributed by atoms with van der Waals surface area (Å²) in [5.41, 5.74) is 0.844. The van der Waals surface area contributed by atoms with E-state index in [0.29, 0.717) is 16.8 Å². The second-order valence-corrected chi connectivity index (χ2v) is 5.97. The van der Waals surface area contributed by atoms with Crippen molar-refractivity contribution in [3.8, 4) is 5.75 Å². The van der Waals surface area contributed by atoms with E-state index < -0.39 is 0 Å². The summed E-state index contributed by atoms with van der Waals surface area (Å²) in [6.07, 6.45) is 1.19. The van der Waals surface area contributed by atoms with Crippen molar-refractivity contribution >= 4 is 11.6 Å². The number of nitrogens with zero attached hydrogens (tertiary/aromatic N) is 2. The number of hydrogen-bond donors (Lipinski definition) is 1. The van der Waals surface area contributed by atoms with E-state index in [9.17, 15) is 5.11 Å². The minimum absolute atomic E-state index is 0.298. The molecule has 2 fully saturated rings. The van der Waals surface area contributed by atoms with Crippen LogP contribution in [0.25, 0.3) is 0 Å². The van der Waals surface area contributed by atoms with Gasteiger partial charge in [0.1, 0.15) is 5.75 Å². The monoisotopic (exact) mass is 296 g/mol. The standard InChI is InChI=1S/C15H21ClN2O2/c16-14-2-1-3-15(19)13(14)11-17-5-4-12(10-17)18-6-8-20-9-7-18/h1-3,12,19H,4-11H2. The van der Waals surface area contributed by atoms with Crippen LogP contribution in [0.3, 0.4) is 0 Å². The summed E-state index contributed by atoms with van der Waals surface area (Å²) in [4.78, 5) is 4.90. The van der Waals surface area contributed by atoms with E-state index in [1.807, 2.05) is 6.07 Å². The van der Waals surface area contributed by atoms with Crippen LogP contribution in [0, 0.1) is 0 Å². The van der Waals surface area contributed by atoms with E-state index >= 15 is 0 Å². The first-order chi connectivity index (χ1) is 9.74. The number of rotatable bonds is 3. The number of phenolic OH excluding ortho intramolecular Hbond substituents is 1. The van der Waals surface area contributed by atoms with Crippen LogP contribution >= 0.6 is 11.6 Å². The van der Waals surface area contributed by atoms with Crippen molar-refractivity contribution in [1.82, 2.24) is 9.80 Å². The van der Waals surface area contributed by atoms with Gasteiger partial charge in [-0.25, -0.2) is 0 Å². The lowest BCUT2D eigenvalue weighted by Gasteiger charge is -2.32. The summed E-state index contributed by atoms with van der Waals surface area (Å²) in [5, 5.41) is 10.6. The number of benzene rings is 1. The lowest BCUT2D eigenvalue weighted by atomic mass is 10.2. The van der Waals surface area contributed by atoms with Gasteiger partial charge in [-0.1, -0.05) is 17.7 Å². The first-order valence-corrected chi connectivity index (χ1v) is 7.62. The van der Waals surface area contributed by atoms with Gasteiger partial charge in [0.15, 0.2) is 0 Å². The Bertz CT molecular complexity index is 443. The van der Waals surface area contributed by atoms with E-state index in [1.165, 1.54) is 6.42 Å². The van der Waals surface area contributed by atoms with Gasteiger partial charge < -0.3 is 9.84 Å². The van der Waals surface area contributed by atoms with Gasteiger partial charge in [0.25, 0.3) is 0 Å². The smallest absolute Gasteiger partial charge is 0.121 e. The largest absolute Gasteiger partial charge is 0.508 e. The molecule has 0 saturated carbocycles. The Morgan fingerprint density at radius 2 is 2.05 bits per heavy atom. The van der Waals surface area contributed by atoms with Gasteiger partial charge in [-0.15, -0.1) is 0 Å². The molecule has 1 aromatic rings. The van der Waals surface area contributed by atoms with E-state index in [0.717, 1.165) is 51.5 Å². The molecule has 0 aliphatic carbocycles. The average Bonchev–Trinajstić information content (AvgIpc) is 2.93. The molecule has 1 unspecified atom stereocenters. The van der Waals surface area contributed by atoms with Crippen LogP contribution in [-0.2, 0) is 11.3 Å². The summed E-state index contributed by atoms with van der Waals surface area (Å²) >= 11 is 6.18. The summed E-state index contributed by atoms with van der Waals surface area (Å²) in [7, 11) is 0. The van der Waals surface area contributed by atoms with Gasteiger partial charge in [0.2, 0.25) is 0 Å². The summed E-state index contributed by atoms with van der Waals surface area (Å²) < 4.78 is 5.41. The number of likely N-dealkylation sites (tertiary alicyclic amines) is 1. The molecule has 0 amide bonds. The summed E-state index contributed by atoms with van der Waals surface area (Å²) in [6.45, 7) is 6.61. The lowest BCUT2D eigenvalue weighted by Crippen LogP contribution is -2.44. The zero-order valence-electron chi connectivity index (χ0n) is 11.6. The normalized spacial score (nSPS) is 25.1. The molecule has 0 spiro atoms. The van der Waals surface area contributed by atoms with Gasteiger partial charge in [-0.3, -0.25) is 9.80 Å². The van der Waals surface area contributed by atoms with Crippen molar-refractivity contribution in [2.24, 2.45) is 0 Å². The highest BCUT2D eigenvalue weighted by atomic mass is 35.5. The molecule has 2 aliphatic heterocycles. The Kier molecular flexibility index (Phi) is 4.46. The molecule has 5 heteroatoms. The molecule has 3 rings (SSSR count). The van der Waals surface area contributed by atoms with Crippen LogP contribution in [0.4, 0.5) is 0 Å². The molecule has 0 radical (unpaired) electrons. The highest BCUT2D eigenvalue weighted by Crippen LogP contribution is 2.28. The van der Waals surface area contributed by atoms with E-state index in [2.05, 4.69) is 9.80 Å². The predicted octanol–water partition coefficient (Wildman–Crippen LogP) is 1.95. The minimum atomic E-state index is 0.298. The van der Waals surface area contributed by atoms with Crippen molar-refractivity contribution in [2.45, 2.75) is 19.0 Å². The second-order valence-electron chi connectivity index (χ2n) is 5.56. The molecular weight excluding hydrogens is 276 g/mol. The van der Waals surface area contributed by atoms with Crippen molar-refractivity contribution in [2.75, 3.05) is 39.4 Å². The zero-order chi connectivity index (χ0) is 13.9. The molecule has 4 nitrogen and oxygen atoms in total. The van der Waals surface area contributed by atoms with Gasteiger partial charge in [0.05, 0.1) is 13.2 Å². The summed E-state index contributed by atoms with van der Waals surface area (Å²) in [6, 6.07) is 5.94. The zero-order valence-corrected chi connectivity index (χ0v) is 12.4. The Morgan fingerprint density at radius 1 is 1.25 bits per heavy atom. The third-order valence-corrected chi connectivity index (χ3v) is 4.64. The van der Waals surface area contributed by atoms with Crippen molar-refractivity contribution in [3.05, 3.63) is 28.8 Å². The molecule has 110 valence electrons. The van der Waals surface area contributed by atoms with Crippen LogP contribution in [0.1, 0.15) is 12.0 Å². The van der Waals surface area contributed by atoms with Crippen LogP contribution in [0.5, 0.6) is 5.75 Å². The Hall–Kier alpha value is -0.810. The Balaban J connectivity index is 1.60. The topological polar surface area (TPSA) is 35.9 Å². The molecule has 1 aromatic carbocycles. The van der Waals surface area contributed by atoms with E-state index in [4.69, 9.17) is 16.3 Å². The van der Waals surface area contributed by atoms with Crippen molar-refractivity contribution in [3.63, 3.8) is 0 Å². The first kappa shape index (κ1) is 14.1. The molecule has 1 atom stereocenters. The fourth-order valence-corrected chi connectivity index (χ4v) is 3.35. The fraction of sp³-hybridized carbons (Fsp3) is 0.600. The van der Waals surface area contributed by atoms with Crippen LogP contribution < -0.4 is 0 Å². The molecular formula is C15H21ClN2O2. The van der Waals surface area contributed by atoms with E-state index in [-0.39, 0.29) is 0 Å². The van der Waals surface area contributed by atoms with Crippen molar-refractivity contribution in [1.29, 1.82) is 0 Å². The average molecular weight is 297 g/mol. The van der Waals surface area contributed by atoms with Crippen LogP contribution in [-0.4, -0.2) is 60.3 Å². The number of aromatic hydroxyl groups is 1. The van der Waals surface area contributed by atoms with Gasteiger partial charge in [0, 0.05) is 49.4 Å². The SMILES string of the molecule is Oc1cccc(Cl)c1CN1CCC(N2CCOCC2)C1. The van der Waals surface area contributed by atoms with Gasteiger partial charge >= 0.3 is 0 Å². The maximum atomic E-state index is 9.93. The Labute approximate surface area is 124 Å². The molecule has 2 saturated heterocycles. The minimum Gasteiger partial charge on any atom is -0.508 e. The molecule has 1 N–H and O–H groups in total. The second kappa shape index (κ2) is 6.31. The Morgan fingerprint density at radius 3 is 2.80 bits per heavy atom. The number of ether oxygens (including phenoxy) is 1. The third-order valence-electron chi connectivity index (χ3n) is 4.29. The van der Waals surface area contributed by atoms with Crippen LogP contribution in [0.2, 0.25) is 5.02 Å². The van der Waals surface area contributed by atoms with Crippen LogP contribution in [0.15, 0.2) is 18.2 Å². The molecule has 2 aliphatic rings. The highest BCUT2D eigenvalue weighted by Gasteiger charge is 2.29. The third kappa shape index (κ3) is 3.09. The van der Waals surface area contributed by atoms with Crippen molar-refractivity contribution < 1.29 is 9.84 Å². The molecule has 0 aromatic heterocycles.